The second-order valence-electron chi connectivity index (χ2n) is 8.26. The first kappa shape index (κ1) is 22.9. The van der Waals surface area contributed by atoms with Crippen molar-refractivity contribution in [3.05, 3.63) is 95.0 Å². The zero-order valence-electron chi connectivity index (χ0n) is 18.8. The molecule has 0 radical (unpaired) electrons. The number of anilines is 1. The number of aryl methyl sites for hydroxylation is 1. The Hall–Kier alpha value is -3.31. The number of carbonyl (C=O) groups excluding carboxylic acids is 2. The van der Waals surface area contributed by atoms with Crippen LogP contribution in [0.1, 0.15) is 18.1 Å². The minimum Gasteiger partial charge on any atom is -0.478 e. The summed E-state index contributed by atoms with van der Waals surface area (Å²) in [5.41, 5.74) is 3.01. The van der Waals surface area contributed by atoms with Gasteiger partial charge in [0.25, 0.3) is 5.91 Å². The summed E-state index contributed by atoms with van der Waals surface area (Å²) < 4.78 is 6.08. The van der Waals surface area contributed by atoms with Gasteiger partial charge in [-0.25, -0.2) is 0 Å². The number of hydrogen-bond acceptors (Lipinski definition) is 3. The normalized spacial score (nSPS) is 17.4. The number of halogens is 1. The van der Waals surface area contributed by atoms with Crippen molar-refractivity contribution in [2.24, 2.45) is 0 Å². The third-order valence-electron chi connectivity index (χ3n) is 5.98. The van der Waals surface area contributed by atoms with Crippen LogP contribution in [0.5, 0.6) is 5.75 Å². The SMILES string of the molecule is CC(=O)N(CCc1ccccc1)CC1C(Oc2ccc(Cl)cc2)C(=O)N1c1ccccc1C. The lowest BCUT2D eigenvalue weighted by Crippen LogP contribution is -2.71. The molecule has 3 aromatic rings. The second kappa shape index (κ2) is 10.1. The summed E-state index contributed by atoms with van der Waals surface area (Å²) in [6.45, 7) is 4.50. The summed E-state index contributed by atoms with van der Waals surface area (Å²) in [5.74, 6) is 0.432. The molecule has 1 heterocycles. The van der Waals surface area contributed by atoms with Crippen molar-refractivity contribution in [3.63, 3.8) is 0 Å². The molecule has 6 heteroatoms. The summed E-state index contributed by atoms with van der Waals surface area (Å²) in [5, 5.41) is 0.601. The van der Waals surface area contributed by atoms with Crippen molar-refractivity contribution in [3.8, 4) is 5.75 Å². The number of hydrogen-bond donors (Lipinski definition) is 0. The standard InChI is InChI=1S/C27H27ClN2O3/c1-19-8-6-7-11-24(19)30-25(26(27(30)32)33-23-14-12-22(28)13-15-23)18-29(20(2)31)17-16-21-9-4-3-5-10-21/h3-15,25-26H,16-18H2,1-2H3. The Labute approximate surface area is 199 Å². The fourth-order valence-corrected chi connectivity index (χ4v) is 4.25. The van der Waals surface area contributed by atoms with Gasteiger partial charge in [-0.2, -0.15) is 0 Å². The average molecular weight is 463 g/mol. The molecule has 4 rings (SSSR count). The molecule has 33 heavy (non-hydrogen) atoms. The molecule has 2 amide bonds. The second-order valence-corrected chi connectivity index (χ2v) is 8.69. The minimum absolute atomic E-state index is 0.0275. The number of amides is 2. The molecule has 2 unspecified atom stereocenters. The van der Waals surface area contributed by atoms with E-state index in [0.29, 0.717) is 23.9 Å². The largest absolute Gasteiger partial charge is 0.478 e. The van der Waals surface area contributed by atoms with Gasteiger partial charge in [-0.05, 0) is 54.8 Å². The lowest BCUT2D eigenvalue weighted by atomic mass is 9.94. The molecule has 0 saturated carbocycles. The van der Waals surface area contributed by atoms with Gasteiger partial charge in [0.1, 0.15) is 11.8 Å². The summed E-state index contributed by atoms with van der Waals surface area (Å²) in [6, 6.07) is 24.5. The van der Waals surface area contributed by atoms with Crippen LogP contribution in [0.15, 0.2) is 78.9 Å². The van der Waals surface area contributed by atoms with Crippen molar-refractivity contribution in [1.82, 2.24) is 4.90 Å². The molecule has 1 aliphatic rings. The van der Waals surface area contributed by atoms with E-state index in [1.54, 1.807) is 41.0 Å². The fourth-order valence-electron chi connectivity index (χ4n) is 4.13. The van der Waals surface area contributed by atoms with E-state index in [2.05, 4.69) is 12.1 Å². The van der Waals surface area contributed by atoms with Crippen LogP contribution in [-0.4, -0.2) is 41.9 Å². The number of nitrogens with zero attached hydrogens (tertiary/aromatic N) is 2. The highest BCUT2D eigenvalue weighted by Crippen LogP contribution is 2.34. The van der Waals surface area contributed by atoms with Crippen LogP contribution >= 0.6 is 11.6 Å². The number of carbonyl (C=O) groups is 2. The Morgan fingerprint density at radius 1 is 1.00 bits per heavy atom. The molecule has 0 aliphatic carbocycles. The van der Waals surface area contributed by atoms with Crippen LogP contribution in [0, 0.1) is 6.92 Å². The maximum Gasteiger partial charge on any atom is 0.270 e. The van der Waals surface area contributed by atoms with Crippen LogP contribution in [0.3, 0.4) is 0 Å². The van der Waals surface area contributed by atoms with E-state index in [1.165, 1.54) is 0 Å². The third kappa shape index (κ3) is 5.20. The van der Waals surface area contributed by atoms with Crippen LogP contribution in [0.25, 0.3) is 0 Å². The van der Waals surface area contributed by atoms with E-state index < -0.39 is 6.10 Å². The van der Waals surface area contributed by atoms with Gasteiger partial charge in [0.15, 0.2) is 6.10 Å². The lowest BCUT2D eigenvalue weighted by Gasteiger charge is -2.48. The first-order valence-corrected chi connectivity index (χ1v) is 11.4. The molecule has 0 bridgehead atoms. The van der Waals surface area contributed by atoms with Crippen molar-refractivity contribution in [2.45, 2.75) is 32.4 Å². The van der Waals surface area contributed by atoms with Gasteiger partial charge in [0, 0.05) is 30.7 Å². The summed E-state index contributed by atoms with van der Waals surface area (Å²) in [6.07, 6.45) is 0.0677. The first-order valence-electron chi connectivity index (χ1n) is 11.0. The summed E-state index contributed by atoms with van der Waals surface area (Å²) >= 11 is 5.99. The van der Waals surface area contributed by atoms with Crippen LogP contribution < -0.4 is 9.64 Å². The Morgan fingerprint density at radius 2 is 1.67 bits per heavy atom. The third-order valence-corrected chi connectivity index (χ3v) is 6.23. The lowest BCUT2D eigenvalue weighted by molar-refractivity contribution is -0.138. The molecule has 0 aromatic heterocycles. The molecule has 1 aliphatic heterocycles. The van der Waals surface area contributed by atoms with Gasteiger partial charge in [0.2, 0.25) is 5.91 Å². The van der Waals surface area contributed by atoms with Crippen molar-refractivity contribution >= 4 is 29.1 Å². The average Bonchev–Trinajstić information content (AvgIpc) is 2.82. The van der Waals surface area contributed by atoms with Gasteiger partial charge in [0.05, 0.1) is 0 Å². The van der Waals surface area contributed by atoms with Crippen LogP contribution in [-0.2, 0) is 16.0 Å². The number of β-lactam (4-membered cyclic amide) rings is 1. The van der Waals surface area contributed by atoms with Gasteiger partial charge in [-0.15, -0.1) is 0 Å². The topological polar surface area (TPSA) is 49.9 Å². The predicted octanol–water partition coefficient (Wildman–Crippen LogP) is 4.90. The van der Waals surface area contributed by atoms with Gasteiger partial charge in [-0.3, -0.25) is 14.5 Å². The zero-order valence-corrected chi connectivity index (χ0v) is 19.5. The number of para-hydroxylation sites is 1. The Bertz CT molecular complexity index is 1120. The quantitative estimate of drug-likeness (QED) is 0.447. The van der Waals surface area contributed by atoms with E-state index in [1.807, 2.05) is 49.4 Å². The molecule has 0 N–H and O–H groups in total. The molecular weight excluding hydrogens is 436 g/mol. The predicted molar refractivity (Wildman–Crippen MR) is 131 cm³/mol. The Morgan fingerprint density at radius 3 is 2.33 bits per heavy atom. The van der Waals surface area contributed by atoms with Crippen molar-refractivity contribution < 1.29 is 14.3 Å². The number of benzene rings is 3. The molecule has 3 aromatic carbocycles. The van der Waals surface area contributed by atoms with E-state index in [4.69, 9.17) is 16.3 Å². The van der Waals surface area contributed by atoms with Crippen LogP contribution in [0.4, 0.5) is 5.69 Å². The first-order chi connectivity index (χ1) is 15.9. The van der Waals surface area contributed by atoms with E-state index in [9.17, 15) is 9.59 Å². The highest BCUT2D eigenvalue weighted by molar-refractivity contribution is 6.30. The minimum atomic E-state index is -0.677. The molecule has 1 fully saturated rings. The molecule has 5 nitrogen and oxygen atoms in total. The van der Waals surface area contributed by atoms with E-state index in [-0.39, 0.29) is 17.9 Å². The Kier molecular flexibility index (Phi) is 6.99. The summed E-state index contributed by atoms with van der Waals surface area (Å²) in [7, 11) is 0. The fraction of sp³-hybridized carbons (Fsp3) is 0.259. The van der Waals surface area contributed by atoms with Gasteiger partial charge >= 0.3 is 0 Å². The van der Waals surface area contributed by atoms with Crippen molar-refractivity contribution in [2.75, 3.05) is 18.0 Å². The monoisotopic (exact) mass is 462 g/mol. The number of rotatable bonds is 8. The van der Waals surface area contributed by atoms with Gasteiger partial charge < -0.3 is 9.64 Å². The smallest absolute Gasteiger partial charge is 0.270 e. The van der Waals surface area contributed by atoms with Gasteiger partial charge in [-0.1, -0.05) is 60.1 Å². The highest BCUT2D eigenvalue weighted by atomic mass is 35.5. The number of ether oxygens (including phenoxy) is 1. The molecule has 0 spiro atoms. The summed E-state index contributed by atoms with van der Waals surface area (Å²) in [4.78, 5) is 29.3. The highest BCUT2D eigenvalue weighted by Gasteiger charge is 2.51. The maximum absolute atomic E-state index is 13.2. The molecular formula is C27H27ClN2O3. The van der Waals surface area contributed by atoms with E-state index in [0.717, 1.165) is 23.2 Å². The molecule has 170 valence electrons. The molecule has 1 saturated heterocycles. The zero-order chi connectivity index (χ0) is 23.4. The van der Waals surface area contributed by atoms with E-state index >= 15 is 0 Å². The van der Waals surface area contributed by atoms with Crippen molar-refractivity contribution in [1.29, 1.82) is 0 Å². The molecule has 2 atom stereocenters. The Balaban J connectivity index is 1.56. The van der Waals surface area contributed by atoms with Crippen LogP contribution in [0.2, 0.25) is 5.02 Å². The maximum atomic E-state index is 13.2.